The molecule has 4 heteroatoms. The van der Waals surface area contributed by atoms with Gasteiger partial charge in [0.05, 0.1) is 6.42 Å². The summed E-state index contributed by atoms with van der Waals surface area (Å²) in [5, 5.41) is 8.59. The number of para-hydroxylation sites is 1. The van der Waals surface area contributed by atoms with Crippen molar-refractivity contribution in [2.75, 3.05) is 12.0 Å². The molecule has 0 aliphatic rings. The van der Waals surface area contributed by atoms with Gasteiger partial charge in [-0.05, 0) is 17.9 Å². The molecular formula is C9H11NO2S. The molecule has 0 saturated carbocycles. The summed E-state index contributed by atoms with van der Waals surface area (Å²) in [6.07, 6.45) is 1.90. The van der Waals surface area contributed by atoms with Crippen LogP contribution in [0.4, 0.5) is 5.69 Å². The average molecular weight is 197 g/mol. The van der Waals surface area contributed by atoms with Crippen molar-refractivity contribution < 1.29 is 9.90 Å². The minimum atomic E-state index is -0.857. The molecule has 0 spiro atoms. The Labute approximate surface area is 80.9 Å². The first-order chi connectivity index (χ1) is 6.15. The molecule has 1 aromatic rings. The highest BCUT2D eigenvalue weighted by atomic mass is 32.2. The highest BCUT2D eigenvalue weighted by molar-refractivity contribution is 7.98. The smallest absolute Gasteiger partial charge is 0.307 e. The van der Waals surface area contributed by atoms with Crippen LogP contribution in [0.15, 0.2) is 23.1 Å². The van der Waals surface area contributed by atoms with Gasteiger partial charge in [0.1, 0.15) is 0 Å². The fourth-order valence-electron chi connectivity index (χ4n) is 1.08. The number of hydrogen-bond donors (Lipinski definition) is 2. The first kappa shape index (κ1) is 9.92. The normalized spacial score (nSPS) is 9.92. The molecule has 0 unspecified atom stereocenters. The number of anilines is 1. The average Bonchev–Trinajstić information content (AvgIpc) is 2.08. The van der Waals surface area contributed by atoms with Gasteiger partial charge in [-0.25, -0.2) is 0 Å². The van der Waals surface area contributed by atoms with E-state index in [-0.39, 0.29) is 6.42 Å². The van der Waals surface area contributed by atoms with Crippen LogP contribution in [0.2, 0.25) is 0 Å². The van der Waals surface area contributed by atoms with Gasteiger partial charge in [-0.2, -0.15) is 0 Å². The van der Waals surface area contributed by atoms with Gasteiger partial charge in [0.2, 0.25) is 0 Å². The number of nitrogens with two attached hydrogens (primary N) is 1. The summed E-state index contributed by atoms with van der Waals surface area (Å²) < 4.78 is 0. The zero-order valence-corrected chi connectivity index (χ0v) is 8.10. The van der Waals surface area contributed by atoms with E-state index in [1.165, 1.54) is 11.8 Å². The molecule has 0 aliphatic heterocycles. The van der Waals surface area contributed by atoms with E-state index < -0.39 is 5.97 Å². The number of hydrogen-bond acceptors (Lipinski definition) is 3. The molecular weight excluding hydrogens is 186 g/mol. The first-order valence-corrected chi connectivity index (χ1v) is 5.00. The Morgan fingerprint density at radius 1 is 1.62 bits per heavy atom. The molecule has 0 amide bonds. The van der Waals surface area contributed by atoms with E-state index in [1.54, 1.807) is 6.07 Å². The third-order valence-corrected chi connectivity index (χ3v) is 2.51. The molecule has 0 radical (unpaired) electrons. The summed E-state index contributed by atoms with van der Waals surface area (Å²) in [6.45, 7) is 0. The van der Waals surface area contributed by atoms with Crippen molar-refractivity contribution in [2.45, 2.75) is 11.3 Å². The van der Waals surface area contributed by atoms with E-state index in [2.05, 4.69) is 0 Å². The maximum absolute atomic E-state index is 10.5. The molecule has 0 fully saturated rings. The van der Waals surface area contributed by atoms with Gasteiger partial charge in [0.15, 0.2) is 0 Å². The maximum atomic E-state index is 10.5. The molecule has 70 valence electrons. The lowest BCUT2D eigenvalue weighted by Gasteiger charge is -2.06. The van der Waals surface area contributed by atoms with Crippen LogP contribution in [-0.2, 0) is 11.2 Å². The van der Waals surface area contributed by atoms with Crippen molar-refractivity contribution >= 4 is 23.4 Å². The number of thioether (sulfide) groups is 1. The highest BCUT2D eigenvalue weighted by Crippen LogP contribution is 2.25. The summed E-state index contributed by atoms with van der Waals surface area (Å²) in [5.41, 5.74) is 7.02. The van der Waals surface area contributed by atoms with E-state index in [9.17, 15) is 4.79 Å². The Morgan fingerprint density at radius 2 is 2.31 bits per heavy atom. The second-order valence-corrected chi connectivity index (χ2v) is 3.45. The Bertz CT molecular complexity index is 325. The van der Waals surface area contributed by atoms with Crippen molar-refractivity contribution in [1.82, 2.24) is 0 Å². The van der Waals surface area contributed by atoms with E-state index >= 15 is 0 Å². The molecule has 0 saturated heterocycles. The summed E-state index contributed by atoms with van der Waals surface area (Å²) in [4.78, 5) is 11.4. The Hall–Kier alpha value is -1.16. The van der Waals surface area contributed by atoms with Gasteiger partial charge in [-0.3, -0.25) is 4.79 Å². The number of nitrogen functional groups attached to an aromatic ring is 1. The van der Waals surface area contributed by atoms with E-state index in [1.807, 2.05) is 18.4 Å². The third kappa shape index (κ3) is 2.39. The Morgan fingerprint density at radius 3 is 2.85 bits per heavy atom. The number of rotatable bonds is 3. The van der Waals surface area contributed by atoms with Gasteiger partial charge in [0.25, 0.3) is 0 Å². The minimum Gasteiger partial charge on any atom is -0.481 e. The molecule has 0 atom stereocenters. The van der Waals surface area contributed by atoms with Crippen LogP contribution >= 0.6 is 11.8 Å². The quantitative estimate of drug-likeness (QED) is 0.571. The van der Waals surface area contributed by atoms with Gasteiger partial charge in [0, 0.05) is 10.6 Å². The number of carbonyl (C=O) groups is 1. The van der Waals surface area contributed by atoms with Gasteiger partial charge in [-0.1, -0.05) is 12.1 Å². The standard InChI is InChI=1S/C9H11NO2S/c1-13-7-4-2-3-6(9(7)10)5-8(11)12/h2-4H,5,10H2,1H3,(H,11,12). The lowest BCUT2D eigenvalue weighted by atomic mass is 10.1. The van der Waals surface area contributed by atoms with Crippen LogP contribution in [0.5, 0.6) is 0 Å². The van der Waals surface area contributed by atoms with Crippen molar-refractivity contribution in [2.24, 2.45) is 0 Å². The summed E-state index contributed by atoms with van der Waals surface area (Å²) in [6, 6.07) is 5.44. The van der Waals surface area contributed by atoms with Crippen molar-refractivity contribution in [1.29, 1.82) is 0 Å². The maximum Gasteiger partial charge on any atom is 0.307 e. The SMILES string of the molecule is CSc1cccc(CC(=O)O)c1N. The van der Waals surface area contributed by atoms with Crippen LogP contribution in [0.1, 0.15) is 5.56 Å². The van der Waals surface area contributed by atoms with Crippen LogP contribution in [-0.4, -0.2) is 17.3 Å². The highest BCUT2D eigenvalue weighted by Gasteiger charge is 2.06. The Kier molecular flexibility index (Phi) is 3.19. The van der Waals surface area contributed by atoms with Crippen LogP contribution < -0.4 is 5.73 Å². The molecule has 3 nitrogen and oxygen atoms in total. The van der Waals surface area contributed by atoms with E-state index in [0.29, 0.717) is 11.3 Å². The van der Waals surface area contributed by atoms with E-state index in [4.69, 9.17) is 10.8 Å². The molecule has 1 rings (SSSR count). The van der Waals surface area contributed by atoms with Gasteiger partial charge >= 0.3 is 5.97 Å². The summed E-state index contributed by atoms with van der Waals surface area (Å²) in [5.74, 6) is -0.857. The van der Waals surface area contributed by atoms with E-state index in [0.717, 1.165) is 4.90 Å². The van der Waals surface area contributed by atoms with Crippen LogP contribution in [0.3, 0.4) is 0 Å². The second-order valence-electron chi connectivity index (χ2n) is 2.60. The first-order valence-electron chi connectivity index (χ1n) is 3.78. The molecule has 3 N–H and O–H groups in total. The zero-order valence-electron chi connectivity index (χ0n) is 7.28. The summed E-state index contributed by atoms with van der Waals surface area (Å²) >= 11 is 1.52. The predicted octanol–water partition coefficient (Wildman–Crippen LogP) is 1.62. The fraction of sp³-hybridized carbons (Fsp3) is 0.222. The van der Waals surface area contributed by atoms with Crippen molar-refractivity contribution in [3.8, 4) is 0 Å². The van der Waals surface area contributed by atoms with Crippen LogP contribution in [0, 0.1) is 0 Å². The Balaban J connectivity index is 3.01. The lowest BCUT2D eigenvalue weighted by Crippen LogP contribution is -2.04. The molecule has 13 heavy (non-hydrogen) atoms. The third-order valence-electron chi connectivity index (χ3n) is 1.72. The van der Waals surface area contributed by atoms with Crippen LogP contribution in [0.25, 0.3) is 0 Å². The topological polar surface area (TPSA) is 63.3 Å². The predicted molar refractivity (Wildman–Crippen MR) is 54.0 cm³/mol. The monoisotopic (exact) mass is 197 g/mol. The molecule has 0 bridgehead atoms. The van der Waals surface area contributed by atoms with Crippen molar-refractivity contribution in [3.63, 3.8) is 0 Å². The minimum absolute atomic E-state index is 0.0137. The second kappa shape index (κ2) is 4.18. The molecule has 0 aromatic heterocycles. The zero-order chi connectivity index (χ0) is 9.84. The van der Waals surface area contributed by atoms with Gasteiger partial charge < -0.3 is 10.8 Å². The largest absolute Gasteiger partial charge is 0.481 e. The van der Waals surface area contributed by atoms with Gasteiger partial charge in [-0.15, -0.1) is 11.8 Å². The number of benzene rings is 1. The molecule has 0 heterocycles. The molecule has 1 aromatic carbocycles. The van der Waals surface area contributed by atoms with Crippen molar-refractivity contribution in [3.05, 3.63) is 23.8 Å². The number of carboxylic acid groups (broad SMARTS) is 1. The number of carboxylic acids is 1. The number of aliphatic carboxylic acids is 1. The summed E-state index contributed by atoms with van der Waals surface area (Å²) in [7, 11) is 0. The fourth-order valence-corrected chi connectivity index (χ4v) is 1.65. The lowest BCUT2D eigenvalue weighted by molar-refractivity contribution is -0.136. The molecule has 0 aliphatic carbocycles.